The number of halogens is 1. The molecule has 1 heterocycles. The number of anilines is 1. The number of aromatic nitrogens is 2. The molecule has 0 spiro atoms. The Labute approximate surface area is 94.1 Å². The van der Waals surface area contributed by atoms with Crippen molar-refractivity contribution in [2.45, 2.75) is 19.9 Å². The number of nitrogens with two attached hydrogens (primary N) is 1. The largest absolute Gasteiger partial charge is 0.381 e. The van der Waals surface area contributed by atoms with Gasteiger partial charge in [-0.15, -0.1) is 0 Å². The fourth-order valence-corrected chi connectivity index (χ4v) is 2.61. The molecule has 0 atom stereocenters. The summed E-state index contributed by atoms with van der Waals surface area (Å²) in [5.41, 5.74) is 5.43. The highest BCUT2D eigenvalue weighted by Crippen LogP contribution is 2.15. The van der Waals surface area contributed by atoms with Crippen molar-refractivity contribution in [3.05, 3.63) is 11.2 Å². The summed E-state index contributed by atoms with van der Waals surface area (Å²) >= 11 is 5.68. The molecule has 0 saturated carbocycles. The summed E-state index contributed by atoms with van der Waals surface area (Å²) in [6.45, 7) is 2.12. The van der Waals surface area contributed by atoms with Gasteiger partial charge in [-0.25, -0.2) is 8.42 Å². The molecule has 0 aliphatic carbocycles. The lowest BCUT2D eigenvalue weighted by atomic mass is 10.6. The van der Waals surface area contributed by atoms with Gasteiger partial charge in [-0.2, -0.15) is 5.10 Å². The molecule has 0 unspecified atom stereocenters. The van der Waals surface area contributed by atoms with Crippen LogP contribution in [0.1, 0.15) is 13.3 Å². The molecule has 1 rings (SSSR count). The quantitative estimate of drug-likeness (QED) is 0.845. The molecule has 0 bridgehead atoms. The van der Waals surface area contributed by atoms with E-state index in [4.69, 9.17) is 17.3 Å². The van der Waals surface area contributed by atoms with Gasteiger partial charge in [0, 0.05) is 11.9 Å². The average molecular weight is 252 g/mol. The van der Waals surface area contributed by atoms with Crippen LogP contribution in [-0.4, -0.2) is 29.7 Å². The Hall–Kier alpha value is -0.750. The van der Waals surface area contributed by atoms with Crippen molar-refractivity contribution in [1.82, 2.24) is 9.78 Å². The van der Waals surface area contributed by atoms with Gasteiger partial charge in [-0.3, -0.25) is 4.68 Å². The van der Waals surface area contributed by atoms with Crippen molar-refractivity contribution < 1.29 is 8.42 Å². The van der Waals surface area contributed by atoms with E-state index in [2.05, 4.69) is 5.10 Å². The van der Waals surface area contributed by atoms with Crippen LogP contribution in [-0.2, 0) is 16.4 Å². The van der Waals surface area contributed by atoms with E-state index in [1.807, 2.05) is 6.92 Å². The number of hydrogen-bond acceptors (Lipinski definition) is 4. The van der Waals surface area contributed by atoms with Crippen LogP contribution < -0.4 is 5.73 Å². The Morgan fingerprint density at radius 3 is 2.67 bits per heavy atom. The average Bonchev–Trinajstić information content (AvgIpc) is 2.44. The molecule has 0 radical (unpaired) electrons. The van der Waals surface area contributed by atoms with Crippen molar-refractivity contribution in [2.75, 3.05) is 17.2 Å². The predicted molar refractivity (Wildman–Crippen MR) is 60.6 cm³/mol. The maximum Gasteiger partial charge on any atom is 0.164 e. The van der Waals surface area contributed by atoms with Gasteiger partial charge in [0.15, 0.2) is 15.7 Å². The van der Waals surface area contributed by atoms with Crippen molar-refractivity contribution in [3.63, 3.8) is 0 Å². The van der Waals surface area contributed by atoms with Crippen LogP contribution in [0, 0.1) is 0 Å². The van der Waals surface area contributed by atoms with E-state index in [1.54, 1.807) is 0 Å². The second kappa shape index (κ2) is 4.85. The summed E-state index contributed by atoms with van der Waals surface area (Å²) in [6.07, 6.45) is 2.16. The van der Waals surface area contributed by atoms with Crippen LogP contribution in [0.25, 0.3) is 0 Å². The van der Waals surface area contributed by atoms with E-state index in [0.29, 0.717) is 18.0 Å². The number of hydrogen-bond donors (Lipinski definition) is 1. The van der Waals surface area contributed by atoms with Crippen LogP contribution in [0.15, 0.2) is 6.20 Å². The highest BCUT2D eigenvalue weighted by atomic mass is 35.5. The zero-order chi connectivity index (χ0) is 11.5. The van der Waals surface area contributed by atoms with E-state index >= 15 is 0 Å². The maximum absolute atomic E-state index is 11.4. The highest BCUT2D eigenvalue weighted by molar-refractivity contribution is 7.91. The normalized spacial score (nSPS) is 11.9. The molecule has 5 nitrogen and oxygen atoms in total. The summed E-state index contributed by atoms with van der Waals surface area (Å²) in [5, 5.41) is 4.22. The fraction of sp³-hybridized carbons (Fsp3) is 0.625. The zero-order valence-electron chi connectivity index (χ0n) is 8.48. The Morgan fingerprint density at radius 2 is 2.20 bits per heavy atom. The molecule has 0 aromatic carbocycles. The van der Waals surface area contributed by atoms with Crippen LogP contribution in [0.3, 0.4) is 0 Å². The second-order valence-corrected chi connectivity index (χ2v) is 5.99. The summed E-state index contributed by atoms with van der Waals surface area (Å²) in [5.74, 6) is 0.500. The highest BCUT2D eigenvalue weighted by Gasteiger charge is 2.10. The van der Waals surface area contributed by atoms with Gasteiger partial charge in [-0.05, 0) is 6.42 Å². The van der Waals surface area contributed by atoms with E-state index in [1.165, 1.54) is 10.9 Å². The molecule has 86 valence electrons. The molecular weight excluding hydrogens is 238 g/mol. The van der Waals surface area contributed by atoms with Crippen molar-refractivity contribution >= 4 is 27.3 Å². The third-order valence-corrected chi connectivity index (χ3v) is 4.02. The Bertz CT molecular complexity index is 408. The van der Waals surface area contributed by atoms with Crippen molar-refractivity contribution in [3.8, 4) is 0 Å². The lowest BCUT2D eigenvalue weighted by molar-refractivity contribution is 0.580. The first-order valence-corrected chi connectivity index (χ1v) is 6.83. The molecule has 2 N–H and O–H groups in total. The summed E-state index contributed by atoms with van der Waals surface area (Å²) in [7, 11) is -2.98. The van der Waals surface area contributed by atoms with E-state index in [-0.39, 0.29) is 17.3 Å². The monoisotopic (exact) mass is 251 g/mol. The maximum atomic E-state index is 11.4. The molecule has 1 aromatic rings. The molecule has 15 heavy (non-hydrogen) atoms. The predicted octanol–water partition coefficient (Wildman–Crippen LogP) is 0.944. The van der Waals surface area contributed by atoms with Gasteiger partial charge in [0.2, 0.25) is 0 Å². The number of nitrogens with zero attached hydrogens (tertiary/aromatic N) is 2. The van der Waals surface area contributed by atoms with E-state index < -0.39 is 9.84 Å². The van der Waals surface area contributed by atoms with Gasteiger partial charge in [0.25, 0.3) is 0 Å². The van der Waals surface area contributed by atoms with Gasteiger partial charge < -0.3 is 5.73 Å². The third kappa shape index (κ3) is 3.71. The standard InChI is InChI=1S/C8H14ClN3O2S/c1-2-4-15(13,14)5-3-12-6-7(9)8(10)11-12/h6H,2-5H2,1H3,(H2,10,11). The summed E-state index contributed by atoms with van der Waals surface area (Å²) < 4.78 is 24.2. The molecule has 0 aliphatic heterocycles. The molecular formula is C8H14ClN3O2S. The Morgan fingerprint density at radius 1 is 1.53 bits per heavy atom. The fourth-order valence-electron chi connectivity index (χ4n) is 1.17. The Kier molecular flexibility index (Phi) is 3.98. The third-order valence-electron chi connectivity index (χ3n) is 1.89. The first-order valence-electron chi connectivity index (χ1n) is 4.63. The summed E-state index contributed by atoms with van der Waals surface area (Å²) in [6, 6.07) is 0. The van der Waals surface area contributed by atoms with Crippen molar-refractivity contribution in [2.24, 2.45) is 0 Å². The molecule has 0 saturated heterocycles. The molecule has 0 aliphatic rings. The zero-order valence-corrected chi connectivity index (χ0v) is 10.1. The Balaban J connectivity index is 2.57. The lowest BCUT2D eigenvalue weighted by Gasteiger charge is -2.02. The van der Waals surface area contributed by atoms with Crippen LogP contribution in [0.5, 0.6) is 0 Å². The topological polar surface area (TPSA) is 78.0 Å². The lowest BCUT2D eigenvalue weighted by Crippen LogP contribution is -2.16. The van der Waals surface area contributed by atoms with E-state index in [9.17, 15) is 8.42 Å². The molecule has 7 heteroatoms. The SMILES string of the molecule is CCCS(=O)(=O)CCn1cc(Cl)c(N)n1. The molecule has 0 fully saturated rings. The van der Waals surface area contributed by atoms with Crippen LogP contribution >= 0.6 is 11.6 Å². The van der Waals surface area contributed by atoms with Crippen LogP contribution in [0.2, 0.25) is 5.02 Å². The van der Waals surface area contributed by atoms with Gasteiger partial charge in [0.05, 0.1) is 12.3 Å². The number of rotatable bonds is 5. The van der Waals surface area contributed by atoms with E-state index in [0.717, 1.165) is 0 Å². The number of sulfone groups is 1. The minimum Gasteiger partial charge on any atom is -0.381 e. The second-order valence-electron chi connectivity index (χ2n) is 3.28. The minimum atomic E-state index is -2.98. The molecule has 0 amide bonds. The number of aryl methyl sites for hydroxylation is 1. The van der Waals surface area contributed by atoms with Gasteiger partial charge in [0.1, 0.15) is 5.02 Å². The summed E-state index contributed by atoms with van der Waals surface area (Å²) in [4.78, 5) is 0. The molecule has 1 aromatic heterocycles. The number of nitrogen functional groups attached to an aromatic ring is 1. The van der Waals surface area contributed by atoms with Crippen LogP contribution in [0.4, 0.5) is 5.82 Å². The first-order chi connectivity index (χ1) is 6.94. The minimum absolute atomic E-state index is 0.0677. The van der Waals surface area contributed by atoms with Crippen molar-refractivity contribution in [1.29, 1.82) is 0 Å². The van der Waals surface area contributed by atoms with Gasteiger partial charge >= 0.3 is 0 Å². The van der Waals surface area contributed by atoms with Gasteiger partial charge in [-0.1, -0.05) is 18.5 Å². The smallest absolute Gasteiger partial charge is 0.164 e. The first kappa shape index (κ1) is 12.3.